The van der Waals surface area contributed by atoms with Gasteiger partial charge in [-0.2, -0.15) is 0 Å². The average Bonchev–Trinajstić information content (AvgIpc) is 3.00. The molecule has 0 bridgehead atoms. The van der Waals surface area contributed by atoms with Crippen LogP contribution in [0.4, 0.5) is 4.79 Å². The number of nitrogens with one attached hydrogen (secondary N) is 1. The number of imide groups is 1. The maximum atomic E-state index is 11.9. The largest absolute Gasteiger partial charge is 0.325 e. The van der Waals surface area contributed by atoms with E-state index in [0.29, 0.717) is 6.54 Å². The number of benzene rings is 1. The van der Waals surface area contributed by atoms with Crippen LogP contribution in [0.5, 0.6) is 0 Å². The summed E-state index contributed by atoms with van der Waals surface area (Å²) in [6.07, 6.45) is 0. The van der Waals surface area contributed by atoms with Crippen molar-refractivity contribution in [3.8, 4) is 0 Å². The number of urea groups is 1. The topological polar surface area (TPSA) is 49.4 Å². The smallest absolute Gasteiger partial charge is 0.303 e. The van der Waals surface area contributed by atoms with Crippen LogP contribution in [-0.4, -0.2) is 16.8 Å². The molecule has 96 valence electrons. The lowest BCUT2D eigenvalue weighted by Crippen LogP contribution is -2.29. The average molecular weight is 272 g/mol. The van der Waals surface area contributed by atoms with Gasteiger partial charge in [0.2, 0.25) is 0 Å². The predicted octanol–water partition coefficient (Wildman–Crippen LogP) is 2.54. The molecule has 1 aliphatic rings. The molecule has 1 aromatic carbocycles. The van der Waals surface area contributed by atoms with Crippen molar-refractivity contribution in [1.29, 1.82) is 0 Å². The lowest BCUT2D eigenvalue weighted by atomic mass is 10.1. The molecule has 3 amide bonds. The Morgan fingerprint density at radius 2 is 1.89 bits per heavy atom. The van der Waals surface area contributed by atoms with Crippen LogP contribution in [0.25, 0.3) is 0 Å². The first kappa shape index (κ1) is 11.9. The van der Waals surface area contributed by atoms with Crippen LogP contribution < -0.4 is 5.32 Å². The third-order valence-corrected chi connectivity index (χ3v) is 3.98. The van der Waals surface area contributed by atoms with Crippen LogP contribution in [0, 0.1) is 0 Å². The number of hydrogen-bond acceptors (Lipinski definition) is 3. The summed E-state index contributed by atoms with van der Waals surface area (Å²) in [5.41, 5.74) is 1.01. The summed E-state index contributed by atoms with van der Waals surface area (Å²) < 4.78 is 0. The number of rotatable bonds is 3. The van der Waals surface area contributed by atoms with Gasteiger partial charge in [-0.25, -0.2) is 4.79 Å². The number of carbonyl (C=O) groups excluding carboxylic acids is 2. The zero-order valence-corrected chi connectivity index (χ0v) is 10.9. The highest BCUT2D eigenvalue weighted by Crippen LogP contribution is 2.30. The number of amides is 3. The highest BCUT2D eigenvalue weighted by molar-refractivity contribution is 7.10. The maximum absolute atomic E-state index is 11.9. The van der Waals surface area contributed by atoms with Gasteiger partial charge in [0.25, 0.3) is 5.91 Å². The van der Waals surface area contributed by atoms with Crippen molar-refractivity contribution < 1.29 is 9.59 Å². The van der Waals surface area contributed by atoms with Crippen molar-refractivity contribution in [1.82, 2.24) is 10.2 Å². The Bertz CT molecular complexity index is 595. The van der Waals surface area contributed by atoms with Crippen molar-refractivity contribution in [3.05, 3.63) is 58.3 Å². The molecule has 1 atom stereocenters. The van der Waals surface area contributed by atoms with Gasteiger partial charge in [-0.15, -0.1) is 11.3 Å². The molecule has 0 unspecified atom stereocenters. The Labute approximate surface area is 114 Å². The van der Waals surface area contributed by atoms with Crippen LogP contribution in [-0.2, 0) is 11.3 Å². The van der Waals surface area contributed by atoms with Crippen LogP contribution in [0.3, 0.4) is 0 Å². The van der Waals surface area contributed by atoms with E-state index in [9.17, 15) is 9.59 Å². The second-order valence-corrected chi connectivity index (χ2v) is 5.31. The fourth-order valence-corrected chi connectivity index (χ4v) is 3.01. The number of thiophene rings is 1. The van der Waals surface area contributed by atoms with E-state index in [1.54, 1.807) is 4.90 Å². The van der Waals surface area contributed by atoms with Crippen LogP contribution in [0.15, 0.2) is 47.8 Å². The third-order valence-electron chi connectivity index (χ3n) is 3.06. The van der Waals surface area contributed by atoms with Crippen molar-refractivity contribution in [3.63, 3.8) is 0 Å². The number of nitrogens with zero attached hydrogens (tertiary/aromatic N) is 1. The van der Waals surface area contributed by atoms with Gasteiger partial charge in [-0.3, -0.25) is 10.1 Å². The summed E-state index contributed by atoms with van der Waals surface area (Å²) in [6.45, 7) is 0.432. The SMILES string of the molecule is O=C1NC(=O)N(Cc2ccccc2)[C@H]1c1cccs1. The molecule has 5 heteroatoms. The minimum absolute atomic E-state index is 0.247. The van der Waals surface area contributed by atoms with Crippen LogP contribution in [0.2, 0.25) is 0 Å². The normalized spacial score (nSPS) is 18.7. The molecule has 19 heavy (non-hydrogen) atoms. The number of hydrogen-bond donors (Lipinski definition) is 1. The van der Waals surface area contributed by atoms with E-state index in [2.05, 4.69) is 5.32 Å². The predicted molar refractivity (Wildman–Crippen MR) is 72.6 cm³/mol. The monoisotopic (exact) mass is 272 g/mol. The fraction of sp³-hybridized carbons (Fsp3) is 0.143. The molecule has 0 saturated carbocycles. The first-order valence-corrected chi connectivity index (χ1v) is 6.82. The molecule has 1 fully saturated rings. The van der Waals surface area contributed by atoms with Crippen molar-refractivity contribution in [2.75, 3.05) is 0 Å². The standard InChI is InChI=1S/C14H12N2O2S/c17-13-12(11-7-4-8-19-11)16(14(18)15-13)9-10-5-2-1-3-6-10/h1-8,12H,9H2,(H,15,17,18)/t12-/m0/s1. The molecule has 4 nitrogen and oxygen atoms in total. The first-order valence-electron chi connectivity index (χ1n) is 5.94. The van der Waals surface area contributed by atoms with E-state index in [1.165, 1.54) is 11.3 Å². The van der Waals surface area contributed by atoms with Crippen LogP contribution >= 0.6 is 11.3 Å². The maximum Gasteiger partial charge on any atom is 0.325 e. The van der Waals surface area contributed by atoms with E-state index in [-0.39, 0.29) is 11.9 Å². The molecule has 1 aromatic heterocycles. The lowest BCUT2D eigenvalue weighted by Gasteiger charge is -2.20. The summed E-state index contributed by atoms with van der Waals surface area (Å²) in [5.74, 6) is -0.247. The quantitative estimate of drug-likeness (QED) is 0.873. The van der Waals surface area contributed by atoms with Gasteiger partial charge >= 0.3 is 6.03 Å². The molecule has 0 aliphatic carbocycles. The zero-order valence-electron chi connectivity index (χ0n) is 10.1. The Hall–Kier alpha value is -2.14. The molecule has 3 rings (SSSR count). The third kappa shape index (κ3) is 2.24. The van der Waals surface area contributed by atoms with Gasteiger partial charge in [0.05, 0.1) is 0 Å². The Morgan fingerprint density at radius 3 is 2.58 bits per heavy atom. The molecule has 0 radical (unpaired) electrons. The Kier molecular flexibility index (Phi) is 3.05. The second-order valence-electron chi connectivity index (χ2n) is 4.33. The molecule has 1 saturated heterocycles. The molecule has 0 spiro atoms. The van der Waals surface area contributed by atoms with E-state index >= 15 is 0 Å². The van der Waals surface area contributed by atoms with E-state index in [4.69, 9.17) is 0 Å². The number of carbonyl (C=O) groups is 2. The molecule has 1 N–H and O–H groups in total. The lowest BCUT2D eigenvalue weighted by molar-refractivity contribution is -0.121. The fourth-order valence-electron chi connectivity index (χ4n) is 2.18. The summed E-state index contributed by atoms with van der Waals surface area (Å²) >= 11 is 1.49. The highest BCUT2D eigenvalue weighted by Gasteiger charge is 2.39. The van der Waals surface area contributed by atoms with Gasteiger partial charge in [-0.1, -0.05) is 36.4 Å². The molecular formula is C14H12N2O2S. The highest BCUT2D eigenvalue weighted by atomic mass is 32.1. The van der Waals surface area contributed by atoms with Crippen molar-refractivity contribution in [2.24, 2.45) is 0 Å². The van der Waals surface area contributed by atoms with E-state index in [1.807, 2.05) is 47.8 Å². The molecule has 2 heterocycles. The van der Waals surface area contributed by atoms with Crippen molar-refractivity contribution in [2.45, 2.75) is 12.6 Å². The van der Waals surface area contributed by atoms with E-state index in [0.717, 1.165) is 10.4 Å². The van der Waals surface area contributed by atoms with E-state index < -0.39 is 6.04 Å². The van der Waals surface area contributed by atoms with Crippen molar-refractivity contribution >= 4 is 23.3 Å². The summed E-state index contributed by atoms with van der Waals surface area (Å²) in [4.78, 5) is 26.3. The summed E-state index contributed by atoms with van der Waals surface area (Å²) in [7, 11) is 0. The second kappa shape index (κ2) is 4.85. The van der Waals surface area contributed by atoms with Gasteiger partial charge in [-0.05, 0) is 17.0 Å². The first-order chi connectivity index (χ1) is 9.25. The van der Waals surface area contributed by atoms with Gasteiger partial charge in [0.15, 0.2) is 0 Å². The summed E-state index contributed by atoms with van der Waals surface area (Å²) in [6, 6.07) is 12.6. The summed E-state index contributed by atoms with van der Waals surface area (Å²) in [5, 5.41) is 4.29. The molecule has 1 aliphatic heterocycles. The van der Waals surface area contributed by atoms with Gasteiger partial charge < -0.3 is 4.90 Å². The zero-order chi connectivity index (χ0) is 13.2. The van der Waals surface area contributed by atoms with Gasteiger partial charge in [0, 0.05) is 11.4 Å². The Balaban J connectivity index is 1.89. The molecule has 2 aromatic rings. The van der Waals surface area contributed by atoms with Gasteiger partial charge in [0.1, 0.15) is 6.04 Å². The minimum Gasteiger partial charge on any atom is -0.303 e. The Morgan fingerprint density at radius 1 is 1.11 bits per heavy atom. The molecular weight excluding hydrogens is 260 g/mol. The van der Waals surface area contributed by atoms with Crippen LogP contribution in [0.1, 0.15) is 16.5 Å². The minimum atomic E-state index is -0.507.